The van der Waals surface area contributed by atoms with E-state index in [4.69, 9.17) is 5.73 Å². The summed E-state index contributed by atoms with van der Waals surface area (Å²) in [6.07, 6.45) is 2.23. The maximum atomic E-state index is 12.5. The lowest BCUT2D eigenvalue weighted by Gasteiger charge is -2.27. The van der Waals surface area contributed by atoms with Crippen LogP contribution in [-0.4, -0.2) is 22.9 Å². The van der Waals surface area contributed by atoms with Crippen LogP contribution in [0.5, 0.6) is 0 Å². The lowest BCUT2D eigenvalue weighted by Crippen LogP contribution is -2.47. The van der Waals surface area contributed by atoms with Gasteiger partial charge >= 0.3 is 0 Å². The molecular weight excluding hydrogens is 236 g/mol. The van der Waals surface area contributed by atoms with Crippen LogP contribution in [-0.2, 0) is 11.3 Å². The standard InChI is InChI=1S/C16H24N2O/c1-11(2)15(17)16(19)18(14-7-8-14)10-13-6-4-5-12(3)9-13/h4-6,9,11,14-15H,7-8,10,17H2,1-3H3. The number of nitrogens with two attached hydrogens (primary N) is 1. The lowest BCUT2D eigenvalue weighted by atomic mass is 10.0. The molecule has 1 unspecified atom stereocenters. The van der Waals surface area contributed by atoms with Crippen molar-refractivity contribution in [1.82, 2.24) is 4.90 Å². The van der Waals surface area contributed by atoms with Gasteiger partial charge < -0.3 is 10.6 Å². The molecule has 0 spiro atoms. The summed E-state index contributed by atoms with van der Waals surface area (Å²) in [5.41, 5.74) is 8.44. The lowest BCUT2D eigenvalue weighted by molar-refractivity contribution is -0.134. The Labute approximate surface area is 115 Å². The van der Waals surface area contributed by atoms with Crippen molar-refractivity contribution in [2.75, 3.05) is 0 Å². The summed E-state index contributed by atoms with van der Waals surface area (Å²) in [5.74, 6) is 0.283. The maximum Gasteiger partial charge on any atom is 0.240 e. The maximum absolute atomic E-state index is 12.5. The molecule has 1 aromatic carbocycles. The monoisotopic (exact) mass is 260 g/mol. The highest BCUT2D eigenvalue weighted by Crippen LogP contribution is 2.29. The van der Waals surface area contributed by atoms with Gasteiger partial charge in [0.05, 0.1) is 6.04 Å². The zero-order chi connectivity index (χ0) is 14.0. The SMILES string of the molecule is Cc1cccc(CN(C(=O)C(N)C(C)C)C2CC2)c1. The quantitative estimate of drug-likeness (QED) is 0.884. The predicted molar refractivity (Wildman–Crippen MR) is 77.6 cm³/mol. The van der Waals surface area contributed by atoms with Crippen LogP contribution in [0.3, 0.4) is 0 Å². The van der Waals surface area contributed by atoms with Gasteiger partial charge in [-0.05, 0) is 31.2 Å². The van der Waals surface area contributed by atoms with Crippen molar-refractivity contribution >= 4 is 5.91 Å². The molecule has 0 radical (unpaired) electrons. The zero-order valence-electron chi connectivity index (χ0n) is 12.1. The highest BCUT2D eigenvalue weighted by Gasteiger charge is 2.35. The van der Waals surface area contributed by atoms with Crippen LogP contribution in [0, 0.1) is 12.8 Å². The van der Waals surface area contributed by atoms with Gasteiger partial charge in [-0.2, -0.15) is 0 Å². The Hall–Kier alpha value is -1.35. The Bertz CT molecular complexity index is 452. The van der Waals surface area contributed by atoms with E-state index in [-0.39, 0.29) is 17.9 Å². The van der Waals surface area contributed by atoms with Crippen LogP contribution in [0.2, 0.25) is 0 Å². The fraction of sp³-hybridized carbons (Fsp3) is 0.562. The van der Waals surface area contributed by atoms with Crippen LogP contribution in [0.15, 0.2) is 24.3 Å². The number of hydrogen-bond donors (Lipinski definition) is 1. The van der Waals surface area contributed by atoms with Gasteiger partial charge in [0.2, 0.25) is 5.91 Å². The minimum absolute atomic E-state index is 0.0963. The largest absolute Gasteiger partial charge is 0.334 e. The van der Waals surface area contributed by atoms with E-state index in [1.54, 1.807) is 0 Å². The summed E-state index contributed by atoms with van der Waals surface area (Å²) in [6.45, 7) is 6.76. The molecular formula is C16H24N2O. The molecule has 1 aromatic rings. The first-order valence-electron chi connectivity index (χ1n) is 7.10. The number of aryl methyl sites for hydroxylation is 1. The molecule has 0 saturated heterocycles. The third kappa shape index (κ3) is 3.57. The number of amides is 1. The van der Waals surface area contributed by atoms with Crippen molar-refractivity contribution in [3.05, 3.63) is 35.4 Å². The Morgan fingerprint density at radius 1 is 1.42 bits per heavy atom. The van der Waals surface area contributed by atoms with Gasteiger partial charge in [-0.3, -0.25) is 4.79 Å². The van der Waals surface area contributed by atoms with Crippen LogP contribution in [0.4, 0.5) is 0 Å². The summed E-state index contributed by atoms with van der Waals surface area (Å²) in [5, 5.41) is 0. The Morgan fingerprint density at radius 3 is 2.63 bits per heavy atom. The summed E-state index contributed by atoms with van der Waals surface area (Å²) >= 11 is 0. The molecule has 19 heavy (non-hydrogen) atoms. The van der Waals surface area contributed by atoms with Gasteiger partial charge in [-0.25, -0.2) is 0 Å². The number of carbonyl (C=O) groups is 1. The van der Waals surface area contributed by atoms with Gasteiger partial charge in [0.15, 0.2) is 0 Å². The van der Waals surface area contributed by atoms with Crippen molar-refractivity contribution in [1.29, 1.82) is 0 Å². The zero-order valence-corrected chi connectivity index (χ0v) is 12.1. The smallest absolute Gasteiger partial charge is 0.240 e. The van der Waals surface area contributed by atoms with Crippen molar-refractivity contribution in [2.24, 2.45) is 11.7 Å². The first-order chi connectivity index (χ1) is 8.99. The third-order valence-electron chi connectivity index (χ3n) is 3.71. The van der Waals surface area contributed by atoms with Crippen LogP contribution in [0.1, 0.15) is 37.8 Å². The van der Waals surface area contributed by atoms with E-state index in [2.05, 4.69) is 25.1 Å². The molecule has 0 heterocycles. The Kier molecular flexibility index (Phi) is 4.25. The first-order valence-corrected chi connectivity index (χ1v) is 7.10. The second kappa shape index (κ2) is 5.74. The molecule has 104 valence electrons. The van der Waals surface area contributed by atoms with Crippen molar-refractivity contribution < 1.29 is 4.79 Å². The van der Waals surface area contributed by atoms with E-state index < -0.39 is 0 Å². The van der Waals surface area contributed by atoms with Crippen LogP contribution < -0.4 is 5.73 Å². The number of benzene rings is 1. The third-order valence-corrected chi connectivity index (χ3v) is 3.71. The summed E-state index contributed by atoms with van der Waals surface area (Å²) in [7, 11) is 0. The minimum Gasteiger partial charge on any atom is -0.334 e. The summed E-state index contributed by atoms with van der Waals surface area (Å²) in [6, 6.07) is 8.36. The van der Waals surface area contributed by atoms with Crippen molar-refractivity contribution in [3.8, 4) is 0 Å². The average molecular weight is 260 g/mol. The summed E-state index contributed by atoms with van der Waals surface area (Å²) in [4.78, 5) is 14.4. The average Bonchev–Trinajstić information content (AvgIpc) is 3.18. The molecule has 1 fully saturated rings. The molecule has 2 rings (SSSR count). The number of nitrogens with zero attached hydrogens (tertiary/aromatic N) is 1. The molecule has 3 nitrogen and oxygen atoms in total. The van der Waals surface area contributed by atoms with Crippen molar-refractivity contribution in [2.45, 2.75) is 52.2 Å². The summed E-state index contributed by atoms with van der Waals surface area (Å²) < 4.78 is 0. The second-order valence-corrected chi connectivity index (χ2v) is 5.96. The Balaban J connectivity index is 2.10. The number of carbonyl (C=O) groups excluding carboxylic acids is 1. The number of hydrogen-bond acceptors (Lipinski definition) is 2. The van der Waals surface area contributed by atoms with E-state index in [0.29, 0.717) is 12.6 Å². The fourth-order valence-electron chi connectivity index (χ4n) is 2.26. The molecule has 2 N–H and O–H groups in total. The molecule has 0 bridgehead atoms. The highest BCUT2D eigenvalue weighted by molar-refractivity contribution is 5.82. The highest BCUT2D eigenvalue weighted by atomic mass is 16.2. The molecule has 0 aromatic heterocycles. The van der Waals surface area contributed by atoms with Crippen molar-refractivity contribution in [3.63, 3.8) is 0 Å². The fourth-order valence-corrected chi connectivity index (χ4v) is 2.26. The second-order valence-electron chi connectivity index (χ2n) is 5.96. The van der Waals surface area contributed by atoms with Gasteiger partial charge in [-0.1, -0.05) is 43.7 Å². The molecule has 1 aliphatic rings. The van der Waals surface area contributed by atoms with Gasteiger partial charge in [0.1, 0.15) is 0 Å². The van der Waals surface area contributed by atoms with Gasteiger partial charge in [-0.15, -0.1) is 0 Å². The molecule has 1 aliphatic carbocycles. The molecule has 1 amide bonds. The van der Waals surface area contributed by atoms with E-state index in [0.717, 1.165) is 12.8 Å². The molecule has 3 heteroatoms. The minimum atomic E-state index is -0.384. The predicted octanol–water partition coefficient (Wildman–Crippen LogP) is 2.47. The molecule has 0 aliphatic heterocycles. The van der Waals surface area contributed by atoms with E-state index >= 15 is 0 Å². The number of rotatable bonds is 5. The Morgan fingerprint density at radius 2 is 2.11 bits per heavy atom. The van der Waals surface area contributed by atoms with Crippen LogP contribution in [0.25, 0.3) is 0 Å². The normalized spacial score (nSPS) is 16.5. The first kappa shape index (κ1) is 14.1. The van der Waals surface area contributed by atoms with E-state index in [1.807, 2.05) is 24.8 Å². The topological polar surface area (TPSA) is 46.3 Å². The van der Waals surface area contributed by atoms with E-state index in [1.165, 1.54) is 11.1 Å². The molecule has 1 atom stereocenters. The van der Waals surface area contributed by atoms with E-state index in [9.17, 15) is 4.79 Å². The van der Waals surface area contributed by atoms with Gasteiger partial charge in [0.25, 0.3) is 0 Å². The van der Waals surface area contributed by atoms with Crippen LogP contribution >= 0.6 is 0 Å². The van der Waals surface area contributed by atoms with Gasteiger partial charge in [0, 0.05) is 12.6 Å². The molecule has 1 saturated carbocycles.